The van der Waals surface area contributed by atoms with Gasteiger partial charge in [-0.25, -0.2) is 4.98 Å². The summed E-state index contributed by atoms with van der Waals surface area (Å²) in [4.78, 5) is 20.6. The minimum Gasteiger partial charge on any atom is -0.396 e. The molecule has 7 heteroatoms. The van der Waals surface area contributed by atoms with Crippen molar-refractivity contribution in [2.45, 2.75) is 65.4 Å². The molecular weight excluding hydrogens is 362 g/mol. The van der Waals surface area contributed by atoms with Crippen LogP contribution >= 0.6 is 11.3 Å². The molecule has 1 saturated carbocycles. The fourth-order valence-corrected chi connectivity index (χ4v) is 6.48. The van der Waals surface area contributed by atoms with Gasteiger partial charge >= 0.3 is 0 Å². The largest absolute Gasteiger partial charge is 0.396 e. The highest BCUT2D eigenvalue weighted by Crippen LogP contribution is 2.62. The number of nitrogens with zero attached hydrogens (tertiary/aromatic N) is 2. The number of aliphatic hydroxyl groups is 2. The fourth-order valence-electron chi connectivity index (χ4n) is 5.54. The van der Waals surface area contributed by atoms with E-state index in [1.807, 2.05) is 25.7 Å². The van der Waals surface area contributed by atoms with Crippen molar-refractivity contribution in [2.75, 3.05) is 25.4 Å². The van der Waals surface area contributed by atoms with Gasteiger partial charge in [0.1, 0.15) is 0 Å². The van der Waals surface area contributed by atoms with Crippen molar-refractivity contribution in [1.82, 2.24) is 9.88 Å². The molecule has 1 aromatic rings. The maximum atomic E-state index is 13.0. The predicted molar refractivity (Wildman–Crippen MR) is 108 cm³/mol. The number of thiazole rings is 1. The summed E-state index contributed by atoms with van der Waals surface area (Å²) in [6, 6.07) is 0. The van der Waals surface area contributed by atoms with Gasteiger partial charge in [-0.05, 0) is 44.4 Å². The number of aromatic nitrogens is 1. The van der Waals surface area contributed by atoms with Crippen molar-refractivity contribution >= 4 is 22.4 Å². The summed E-state index contributed by atoms with van der Waals surface area (Å²) in [5.74, 6) is 0.188. The third-order valence-electron chi connectivity index (χ3n) is 7.41. The Morgan fingerprint density at radius 1 is 1.37 bits per heavy atom. The number of rotatable bonds is 5. The van der Waals surface area contributed by atoms with E-state index in [-0.39, 0.29) is 29.8 Å². The van der Waals surface area contributed by atoms with Crippen molar-refractivity contribution in [1.29, 1.82) is 0 Å². The zero-order chi connectivity index (χ0) is 20.0. The van der Waals surface area contributed by atoms with Gasteiger partial charge in [0.15, 0.2) is 5.13 Å². The molecule has 27 heavy (non-hydrogen) atoms. The molecule has 6 nitrogen and oxygen atoms in total. The second-order valence-corrected chi connectivity index (χ2v) is 9.78. The van der Waals surface area contributed by atoms with Gasteiger partial charge in [0.2, 0.25) is 5.91 Å². The predicted octanol–water partition coefficient (Wildman–Crippen LogP) is 2.40. The van der Waals surface area contributed by atoms with Gasteiger partial charge in [0.25, 0.3) is 0 Å². The molecule has 0 spiro atoms. The molecular formula is C20H33N3O3S. The highest BCUT2D eigenvalue weighted by Gasteiger charge is 2.59. The summed E-state index contributed by atoms with van der Waals surface area (Å²) in [7, 11) is 0. The Labute approximate surface area is 165 Å². The lowest BCUT2D eigenvalue weighted by molar-refractivity contribution is -0.147. The molecule has 1 aromatic heterocycles. The molecule has 2 aliphatic rings. The molecule has 0 bridgehead atoms. The van der Waals surface area contributed by atoms with E-state index in [0.717, 1.165) is 23.4 Å². The Morgan fingerprint density at radius 2 is 2.04 bits per heavy atom. The maximum Gasteiger partial charge on any atom is 0.223 e. The Hall–Kier alpha value is -1.18. The molecule has 152 valence electrons. The van der Waals surface area contributed by atoms with Crippen LogP contribution in [-0.2, 0) is 11.2 Å². The van der Waals surface area contributed by atoms with Crippen molar-refractivity contribution in [2.24, 2.45) is 16.7 Å². The van der Waals surface area contributed by atoms with E-state index in [9.17, 15) is 15.0 Å². The number of fused-ring (bicyclic) bond motifs is 2. The third-order valence-corrected chi connectivity index (χ3v) is 8.33. The van der Waals surface area contributed by atoms with Crippen LogP contribution in [0, 0.1) is 16.7 Å². The summed E-state index contributed by atoms with van der Waals surface area (Å²) in [6.07, 6.45) is 2.08. The number of nitrogens with two attached hydrogens (primary N) is 1. The quantitative estimate of drug-likeness (QED) is 0.711. The van der Waals surface area contributed by atoms with E-state index in [2.05, 4.69) is 11.9 Å². The number of nitrogen functional groups attached to an aromatic ring is 1. The molecule has 5 atom stereocenters. The Morgan fingerprint density at radius 3 is 2.63 bits per heavy atom. The molecule has 0 radical (unpaired) electrons. The van der Waals surface area contributed by atoms with Crippen molar-refractivity contribution in [3.05, 3.63) is 10.6 Å². The minimum atomic E-state index is -0.583. The van der Waals surface area contributed by atoms with Gasteiger partial charge in [0, 0.05) is 35.7 Å². The van der Waals surface area contributed by atoms with Gasteiger partial charge in [-0.2, -0.15) is 0 Å². The van der Waals surface area contributed by atoms with E-state index in [0.29, 0.717) is 31.1 Å². The number of hydrogen-bond donors (Lipinski definition) is 3. The van der Waals surface area contributed by atoms with Crippen molar-refractivity contribution in [3.63, 3.8) is 0 Å². The smallest absolute Gasteiger partial charge is 0.223 e. The molecule has 1 heterocycles. The number of anilines is 1. The lowest BCUT2D eigenvalue weighted by Crippen LogP contribution is -2.57. The summed E-state index contributed by atoms with van der Waals surface area (Å²) in [6.45, 7) is 9.53. The summed E-state index contributed by atoms with van der Waals surface area (Å²) >= 11 is 1.49. The lowest BCUT2D eigenvalue weighted by Gasteiger charge is -2.58. The van der Waals surface area contributed by atoms with Gasteiger partial charge in [-0.3, -0.25) is 4.79 Å². The van der Waals surface area contributed by atoms with Crippen LogP contribution in [0.15, 0.2) is 0 Å². The number of hydrogen-bond acceptors (Lipinski definition) is 6. The fraction of sp³-hybridized carbons (Fsp3) is 0.800. The zero-order valence-corrected chi connectivity index (χ0v) is 17.7. The van der Waals surface area contributed by atoms with Crippen molar-refractivity contribution in [3.8, 4) is 0 Å². The van der Waals surface area contributed by atoms with Gasteiger partial charge in [0.05, 0.1) is 18.4 Å². The first-order valence-corrected chi connectivity index (χ1v) is 10.8. The summed E-state index contributed by atoms with van der Waals surface area (Å²) < 4.78 is 0. The zero-order valence-electron chi connectivity index (χ0n) is 16.9. The topological polar surface area (TPSA) is 99.7 Å². The third kappa shape index (κ3) is 3.17. The molecule has 1 amide bonds. The lowest BCUT2D eigenvalue weighted by atomic mass is 9.47. The van der Waals surface area contributed by atoms with Crippen LogP contribution in [-0.4, -0.2) is 51.8 Å². The highest BCUT2D eigenvalue weighted by molar-refractivity contribution is 7.15. The van der Waals surface area contributed by atoms with Crippen LogP contribution in [0.3, 0.4) is 0 Å². The SMILES string of the molecule is CCN(CC)C(=O)C[C@H]1c2nc(N)sc2C[C@H]2[C@](C)(CO)[C@H](O)CC[C@]21C. The average molecular weight is 396 g/mol. The molecule has 2 aliphatic carbocycles. The van der Waals surface area contributed by atoms with Crippen LogP contribution < -0.4 is 5.73 Å². The van der Waals surface area contributed by atoms with Crippen LogP contribution in [0.2, 0.25) is 0 Å². The van der Waals surface area contributed by atoms with E-state index in [1.165, 1.54) is 11.3 Å². The molecule has 0 aliphatic heterocycles. The first-order chi connectivity index (χ1) is 12.7. The number of carbonyl (C=O) groups excluding carboxylic acids is 1. The van der Waals surface area contributed by atoms with Gasteiger partial charge in [-0.15, -0.1) is 11.3 Å². The van der Waals surface area contributed by atoms with E-state index in [4.69, 9.17) is 5.73 Å². The molecule has 3 rings (SSSR count). The number of carbonyl (C=O) groups is 1. The number of aliphatic hydroxyl groups excluding tert-OH is 2. The van der Waals surface area contributed by atoms with Crippen LogP contribution in [0.25, 0.3) is 0 Å². The van der Waals surface area contributed by atoms with Crippen LogP contribution in [0.4, 0.5) is 5.13 Å². The molecule has 1 fully saturated rings. The standard InChI is InChI=1S/C20H33N3O3S/c1-5-23(6-2)16(26)9-12-17-13(27-18(21)22-17)10-14-19(12,3)8-7-15(25)20(14,4)11-24/h12,14-15,24-25H,5-11H2,1-4H3,(H2,21,22)/t12-,14+,15+,19-,20-/m0/s1. The number of amides is 1. The summed E-state index contributed by atoms with van der Waals surface area (Å²) in [5, 5.41) is 21.4. The first kappa shape index (κ1) is 20.6. The van der Waals surface area contributed by atoms with E-state index < -0.39 is 11.5 Å². The van der Waals surface area contributed by atoms with E-state index >= 15 is 0 Å². The van der Waals surface area contributed by atoms with Crippen LogP contribution in [0.1, 0.15) is 63.4 Å². The Kier molecular flexibility index (Phi) is 5.58. The molecule has 0 unspecified atom stereocenters. The minimum absolute atomic E-state index is 0.0359. The molecule has 0 aromatic carbocycles. The second kappa shape index (κ2) is 7.33. The monoisotopic (exact) mass is 395 g/mol. The van der Waals surface area contributed by atoms with Gasteiger partial charge < -0.3 is 20.8 Å². The Bertz CT molecular complexity index is 705. The average Bonchev–Trinajstić information content (AvgIpc) is 3.01. The van der Waals surface area contributed by atoms with Crippen molar-refractivity contribution < 1.29 is 15.0 Å². The van der Waals surface area contributed by atoms with Gasteiger partial charge in [-0.1, -0.05) is 13.8 Å². The normalized spacial score (nSPS) is 35.4. The first-order valence-electron chi connectivity index (χ1n) is 10.0. The summed E-state index contributed by atoms with van der Waals surface area (Å²) in [5.41, 5.74) is 6.22. The van der Waals surface area contributed by atoms with E-state index in [1.54, 1.807) is 0 Å². The van der Waals surface area contributed by atoms with Crippen LogP contribution in [0.5, 0.6) is 0 Å². The molecule has 0 saturated heterocycles. The highest BCUT2D eigenvalue weighted by atomic mass is 32.1. The maximum absolute atomic E-state index is 13.0. The second-order valence-electron chi connectivity index (χ2n) is 8.66. The Balaban J connectivity index is 2.05. The molecule has 4 N–H and O–H groups in total.